The van der Waals surface area contributed by atoms with Crippen LogP contribution in [0.3, 0.4) is 0 Å². The smallest absolute Gasteiger partial charge is 0.198 e. The van der Waals surface area contributed by atoms with Crippen LogP contribution < -0.4 is 10.2 Å². The van der Waals surface area contributed by atoms with Gasteiger partial charge in [-0.05, 0) is 34.6 Å². The number of rotatable bonds is 3. The molecule has 0 saturated heterocycles. The number of nitrogens with zero attached hydrogens (tertiary/aromatic N) is 1. The van der Waals surface area contributed by atoms with Gasteiger partial charge >= 0.3 is 0 Å². The Morgan fingerprint density at radius 3 is 2.40 bits per heavy atom. The van der Waals surface area contributed by atoms with Crippen LogP contribution in [0.25, 0.3) is 0 Å². The van der Waals surface area contributed by atoms with Gasteiger partial charge in [-0.3, -0.25) is 0 Å². The summed E-state index contributed by atoms with van der Waals surface area (Å²) in [5, 5.41) is 0. The van der Waals surface area contributed by atoms with E-state index in [1.807, 2.05) is 34.6 Å². The Balaban J connectivity index is 2.63. The highest BCUT2D eigenvalue weighted by atomic mass is 32.2. The fraction of sp³-hybridized carbons (Fsp3) is 0.889. The van der Waals surface area contributed by atoms with Gasteiger partial charge in [0.25, 0.3) is 0 Å². The molecule has 0 aliphatic carbocycles. The molecule has 2 atom stereocenters. The Morgan fingerprint density at radius 2 is 2.00 bits per heavy atom. The summed E-state index contributed by atoms with van der Waals surface area (Å²) in [6.45, 7) is 9.64. The fourth-order valence-corrected chi connectivity index (χ4v) is 1.89. The van der Waals surface area contributed by atoms with Crippen LogP contribution in [0.4, 0.5) is 0 Å². The first-order valence-electron chi connectivity index (χ1n) is 4.86. The van der Waals surface area contributed by atoms with Crippen LogP contribution in [0.15, 0.2) is 4.99 Å². The average Bonchev–Trinajstić information content (AvgIpc) is 2.52. The predicted molar refractivity (Wildman–Crippen MR) is 61.6 cm³/mol. The van der Waals surface area contributed by atoms with E-state index in [1.165, 1.54) is 6.40 Å². The number of nitrogens with one attached hydrogen (secondary N) is 2. The maximum absolute atomic E-state index is 11.9. The lowest BCUT2D eigenvalue weighted by Gasteiger charge is -2.32. The predicted octanol–water partition coefficient (Wildman–Crippen LogP) is 0.706. The van der Waals surface area contributed by atoms with Gasteiger partial charge in [-0.2, -0.15) is 0 Å². The fourth-order valence-electron chi connectivity index (χ4n) is 0.998. The van der Waals surface area contributed by atoms with E-state index < -0.39 is 16.5 Å². The van der Waals surface area contributed by atoms with Crippen LogP contribution in [0, 0.1) is 0 Å². The second kappa shape index (κ2) is 4.19. The van der Waals surface area contributed by atoms with E-state index in [2.05, 4.69) is 15.2 Å². The Bertz CT molecular complexity index is 284. The molecule has 0 fully saturated rings. The van der Waals surface area contributed by atoms with Crippen molar-refractivity contribution in [2.75, 3.05) is 0 Å². The van der Waals surface area contributed by atoms with E-state index >= 15 is 0 Å². The largest absolute Gasteiger partial charge is 0.395 e. The highest BCUT2D eigenvalue weighted by Crippen LogP contribution is 2.17. The minimum atomic E-state index is -1.12. The highest BCUT2D eigenvalue weighted by molar-refractivity contribution is 7.84. The molecule has 1 rings (SSSR count). The summed E-state index contributed by atoms with van der Waals surface area (Å²) in [5.74, 6) is 0. The monoisotopic (exact) mass is 233 g/mol. The molecule has 88 valence electrons. The Kier molecular flexibility index (Phi) is 3.52. The van der Waals surface area contributed by atoms with E-state index in [0.717, 1.165) is 0 Å². The van der Waals surface area contributed by atoms with Crippen LogP contribution in [0.1, 0.15) is 34.6 Å². The van der Waals surface area contributed by atoms with E-state index in [0.29, 0.717) is 0 Å². The summed E-state index contributed by atoms with van der Waals surface area (Å²) in [4.78, 5) is 8.92. The summed E-state index contributed by atoms with van der Waals surface area (Å²) in [6.07, 6.45) is 1.14. The molecule has 2 N–H and O–H groups in total. The minimum absolute atomic E-state index is 0.219. The van der Waals surface area contributed by atoms with Gasteiger partial charge in [0.15, 0.2) is 12.6 Å². The molecule has 0 bridgehead atoms. The summed E-state index contributed by atoms with van der Waals surface area (Å²) in [6, 6.07) is 0. The number of aliphatic imine (C=N–C) groups is 1. The van der Waals surface area contributed by atoms with Crippen molar-refractivity contribution in [3.8, 4) is 0 Å². The van der Waals surface area contributed by atoms with Crippen LogP contribution in [-0.4, -0.2) is 27.1 Å². The van der Waals surface area contributed by atoms with Crippen molar-refractivity contribution in [1.29, 1.82) is 0 Å². The first kappa shape index (κ1) is 12.6. The zero-order chi connectivity index (χ0) is 11.7. The quantitative estimate of drug-likeness (QED) is 0.754. The third-order valence-electron chi connectivity index (χ3n) is 2.04. The minimum Gasteiger partial charge on any atom is -0.395 e. The molecule has 0 aromatic heterocycles. The lowest BCUT2D eigenvalue weighted by molar-refractivity contribution is 0.148. The van der Waals surface area contributed by atoms with Gasteiger partial charge in [0, 0.05) is 0 Å². The van der Waals surface area contributed by atoms with Gasteiger partial charge < -0.3 is 4.84 Å². The number of hydrogen-bond acceptors (Lipinski definition) is 4. The van der Waals surface area contributed by atoms with E-state index in [1.54, 1.807) is 0 Å². The molecule has 5 nitrogen and oxygen atoms in total. The van der Waals surface area contributed by atoms with Gasteiger partial charge in [0.2, 0.25) is 0 Å². The van der Waals surface area contributed by atoms with Crippen molar-refractivity contribution in [2.45, 2.75) is 51.1 Å². The average molecular weight is 233 g/mol. The molecule has 0 aromatic rings. The van der Waals surface area contributed by atoms with Crippen LogP contribution in [-0.2, 0) is 15.8 Å². The summed E-state index contributed by atoms with van der Waals surface area (Å²) in [5.41, 5.74) is 2.31. The topological polar surface area (TPSA) is 62.7 Å². The molecule has 2 unspecified atom stereocenters. The SMILES string of the molecule is CC(C)(NS(=O)C(C)(C)C)C1N=CON1. The lowest BCUT2D eigenvalue weighted by atomic mass is 10.0. The maximum atomic E-state index is 11.9. The van der Waals surface area contributed by atoms with Crippen molar-refractivity contribution in [3.05, 3.63) is 0 Å². The maximum Gasteiger partial charge on any atom is 0.198 e. The first-order valence-corrected chi connectivity index (χ1v) is 6.01. The molecule has 15 heavy (non-hydrogen) atoms. The molecule has 1 aliphatic heterocycles. The molecule has 1 heterocycles. The second-order valence-corrected chi connectivity index (χ2v) is 7.06. The lowest BCUT2D eigenvalue weighted by Crippen LogP contribution is -2.56. The molecule has 0 amide bonds. The van der Waals surface area contributed by atoms with Gasteiger partial charge in [0.1, 0.15) is 0 Å². The van der Waals surface area contributed by atoms with Gasteiger partial charge in [-0.1, -0.05) is 0 Å². The van der Waals surface area contributed by atoms with E-state index in [9.17, 15) is 4.21 Å². The third-order valence-corrected chi connectivity index (χ3v) is 3.86. The van der Waals surface area contributed by atoms with Crippen LogP contribution >= 0.6 is 0 Å². The van der Waals surface area contributed by atoms with Crippen LogP contribution in [0.5, 0.6) is 0 Å². The third kappa shape index (κ3) is 3.25. The standard InChI is InChI=1S/C9H19N3O2S/c1-8(2,3)15(13)12-9(4,5)7-10-6-14-11-7/h6-7,11-12H,1-5H3. The molecule has 0 aromatic carbocycles. The summed E-state index contributed by atoms with van der Waals surface area (Å²) >= 11 is 0. The zero-order valence-corrected chi connectivity index (χ0v) is 10.6. The highest BCUT2D eigenvalue weighted by Gasteiger charge is 2.35. The van der Waals surface area contributed by atoms with Gasteiger partial charge in [-0.25, -0.2) is 13.9 Å². The molecular weight excluding hydrogens is 214 g/mol. The molecule has 6 heteroatoms. The molecule has 0 radical (unpaired) electrons. The van der Waals surface area contributed by atoms with Crippen molar-refractivity contribution in [1.82, 2.24) is 10.2 Å². The number of hydroxylamine groups is 1. The zero-order valence-electron chi connectivity index (χ0n) is 9.83. The van der Waals surface area contributed by atoms with Gasteiger partial charge in [0.05, 0.1) is 21.3 Å². The molecule has 1 aliphatic rings. The summed E-state index contributed by atoms with van der Waals surface area (Å²) < 4.78 is 14.7. The Labute approximate surface area is 93.2 Å². The van der Waals surface area contributed by atoms with E-state index in [-0.39, 0.29) is 10.9 Å². The Hall–Kier alpha value is -0.460. The normalized spacial score (nSPS) is 23.9. The van der Waals surface area contributed by atoms with Crippen LogP contribution in [0.2, 0.25) is 0 Å². The second-order valence-electron chi connectivity index (χ2n) is 5.10. The van der Waals surface area contributed by atoms with Gasteiger partial charge in [-0.15, -0.1) is 5.48 Å². The van der Waals surface area contributed by atoms with Crippen molar-refractivity contribution in [3.63, 3.8) is 0 Å². The number of hydrogen-bond donors (Lipinski definition) is 2. The van der Waals surface area contributed by atoms with E-state index in [4.69, 9.17) is 4.84 Å². The van der Waals surface area contributed by atoms with Crippen molar-refractivity contribution < 1.29 is 9.05 Å². The van der Waals surface area contributed by atoms with Crippen molar-refractivity contribution >= 4 is 17.4 Å². The molecular formula is C9H19N3O2S. The summed E-state index contributed by atoms with van der Waals surface area (Å²) in [7, 11) is -1.12. The first-order chi connectivity index (χ1) is 6.73. The molecule has 0 spiro atoms. The molecule has 0 saturated carbocycles. The van der Waals surface area contributed by atoms with Crippen molar-refractivity contribution in [2.24, 2.45) is 4.99 Å². The Morgan fingerprint density at radius 1 is 1.40 bits per heavy atom.